The molecule has 66 heavy (non-hydrogen) atoms. The number of nitrogens with zero attached hydrogens (tertiary/aromatic N) is 2. The van der Waals surface area contributed by atoms with Crippen LogP contribution in [-0.2, 0) is 52.4 Å². The summed E-state index contributed by atoms with van der Waals surface area (Å²) in [5.41, 5.74) is 0.925. The van der Waals surface area contributed by atoms with Gasteiger partial charge in [0.05, 0.1) is 23.2 Å². The van der Waals surface area contributed by atoms with Gasteiger partial charge in [0.1, 0.15) is 30.1 Å². The second-order valence-electron chi connectivity index (χ2n) is 19.1. The highest BCUT2D eigenvalue weighted by molar-refractivity contribution is 7.87. The number of nitro benzene ring substituents is 1. The molecule has 3 fully saturated rings. The number of carbonyl (C=O) groups is 4. The average molecular weight is 947 g/mol. The summed E-state index contributed by atoms with van der Waals surface area (Å²) in [5, 5.41) is 34.6. The third-order valence-electron chi connectivity index (χ3n) is 14.0. The first-order valence-electron chi connectivity index (χ1n) is 23.4. The predicted octanol–water partition coefficient (Wildman–Crippen LogP) is 6.17. The normalized spacial score (nSPS) is 35.3. The lowest BCUT2D eigenvalue weighted by Crippen LogP contribution is -2.64. The van der Waals surface area contributed by atoms with E-state index in [2.05, 4.69) is 0 Å². The van der Waals surface area contributed by atoms with Crippen LogP contribution in [0.15, 0.2) is 52.5 Å². The average Bonchev–Trinajstić information content (AvgIpc) is 3.28. The number of ether oxygens (including phenoxy) is 4. The zero-order valence-electron chi connectivity index (χ0n) is 39.6. The molecule has 0 aromatic heterocycles. The van der Waals surface area contributed by atoms with Crippen molar-refractivity contribution in [2.75, 3.05) is 20.8 Å². The Balaban J connectivity index is 1.48. The van der Waals surface area contributed by atoms with Crippen molar-refractivity contribution in [1.82, 2.24) is 4.90 Å². The van der Waals surface area contributed by atoms with Crippen LogP contribution in [0.3, 0.4) is 0 Å². The molecule has 18 heteroatoms. The van der Waals surface area contributed by atoms with E-state index in [9.17, 15) is 47.9 Å². The van der Waals surface area contributed by atoms with Gasteiger partial charge in [-0.25, -0.2) is 4.79 Å². The van der Waals surface area contributed by atoms with E-state index in [1.165, 1.54) is 26.4 Å². The van der Waals surface area contributed by atoms with Crippen LogP contribution >= 0.6 is 0 Å². The minimum Gasteiger partial charge on any atom is -0.456 e. The summed E-state index contributed by atoms with van der Waals surface area (Å²) >= 11 is 0. The Morgan fingerprint density at radius 2 is 1.67 bits per heavy atom. The topological polar surface area (TPSA) is 235 Å². The first kappa shape index (κ1) is 53.1. The van der Waals surface area contributed by atoms with Crippen molar-refractivity contribution in [2.45, 2.75) is 172 Å². The summed E-state index contributed by atoms with van der Waals surface area (Å²) in [4.78, 5) is 68.3. The van der Waals surface area contributed by atoms with Crippen LogP contribution in [0.2, 0.25) is 0 Å². The molecule has 13 atom stereocenters. The van der Waals surface area contributed by atoms with Crippen LogP contribution in [0, 0.1) is 39.7 Å². The molecule has 17 nitrogen and oxygen atoms in total. The van der Waals surface area contributed by atoms with E-state index in [0.717, 1.165) is 22.6 Å². The molecule has 2 N–H and O–H groups in total. The molecule has 2 saturated heterocycles. The predicted molar refractivity (Wildman–Crippen MR) is 241 cm³/mol. The number of benzene rings is 1. The summed E-state index contributed by atoms with van der Waals surface area (Å²) in [7, 11) is -1.64. The molecule has 0 radical (unpaired) electrons. The molecule has 3 heterocycles. The zero-order chi connectivity index (χ0) is 48.7. The Morgan fingerprint density at radius 3 is 2.33 bits per heavy atom. The monoisotopic (exact) mass is 946 g/mol. The number of hydrogen-bond acceptors (Lipinski definition) is 15. The van der Waals surface area contributed by atoms with Crippen LogP contribution in [0.5, 0.6) is 0 Å². The number of Topliss-reactive ketones (excluding diaryl/α,β-unsaturated/α-hetero) is 2. The van der Waals surface area contributed by atoms with Gasteiger partial charge in [0.2, 0.25) is 5.79 Å². The van der Waals surface area contributed by atoms with Gasteiger partial charge in [-0.1, -0.05) is 57.6 Å². The van der Waals surface area contributed by atoms with Crippen LogP contribution in [0.4, 0.5) is 5.69 Å². The Bertz CT molecular complexity index is 2090. The number of rotatable bonds is 9. The third kappa shape index (κ3) is 12.4. The Kier molecular flexibility index (Phi) is 18.4. The Labute approximate surface area is 388 Å². The fourth-order valence-corrected chi connectivity index (χ4v) is 11.6. The van der Waals surface area contributed by atoms with Gasteiger partial charge in [-0.2, -0.15) is 8.42 Å². The van der Waals surface area contributed by atoms with Crippen LogP contribution in [0.1, 0.15) is 119 Å². The van der Waals surface area contributed by atoms with Crippen molar-refractivity contribution in [1.29, 1.82) is 0 Å². The quantitative estimate of drug-likeness (QED) is 0.0704. The molecule has 368 valence electrons. The fourth-order valence-electron chi connectivity index (χ4n) is 10.3. The van der Waals surface area contributed by atoms with E-state index in [1.807, 2.05) is 39.8 Å². The molecule has 2 bridgehead atoms. The van der Waals surface area contributed by atoms with Gasteiger partial charge < -0.3 is 34.1 Å². The van der Waals surface area contributed by atoms with E-state index >= 15 is 0 Å². The Hall–Kier alpha value is -3.91. The first-order chi connectivity index (χ1) is 31.1. The number of aliphatic hydroxyl groups excluding tert-OH is 1. The maximum absolute atomic E-state index is 14.5. The fraction of sp³-hybridized carbons (Fsp3) is 0.708. The van der Waals surface area contributed by atoms with Crippen LogP contribution in [0.25, 0.3) is 0 Å². The summed E-state index contributed by atoms with van der Waals surface area (Å²) < 4.78 is 56.5. The van der Waals surface area contributed by atoms with E-state index in [0.29, 0.717) is 50.5 Å². The van der Waals surface area contributed by atoms with Crippen LogP contribution in [-0.4, -0.2) is 121 Å². The second-order valence-corrected chi connectivity index (χ2v) is 20.6. The van der Waals surface area contributed by atoms with E-state index in [1.54, 1.807) is 13.8 Å². The zero-order valence-corrected chi connectivity index (χ0v) is 40.4. The van der Waals surface area contributed by atoms with Gasteiger partial charge in [-0.15, -0.1) is 0 Å². The second kappa shape index (κ2) is 22.9. The first-order valence-corrected chi connectivity index (χ1v) is 24.8. The number of piperidine rings is 1. The lowest BCUT2D eigenvalue weighted by molar-refractivity contribution is -0.387. The highest BCUT2D eigenvalue weighted by atomic mass is 32.2. The standard InChI is InChI=1S/C48H70N2O15S/c1-9-34-23-28(2)22-29(3)24-40(61-7)44-41(62-8)26-32(6)48(56,64-44)45(53)46(54)49-21-13-12-15-36(49)47(55)63-43(30(4)17-19-37(34)51)31(5)25-33-18-20-38(52)39(27-33)65-66(59,60)42-16-11-10-14-35(42)50(57)58/h10-11,14,16,23,25,29-30,32-34,36,38-41,43-44,52,56H,9,12-13,15,17-22,24,26-27H2,1-8H3. The number of fused-ring (bicyclic) bond motifs is 3. The van der Waals surface area contributed by atoms with Gasteiger partial charge in [0, 0.05) is 45.1 Å². The molecule has 5 rings (SSSR count). The minimum atomic E-state index is -4.68. The van der Waals surface area contributed by atoms with E-state index < -0.39 is 104 Å². The number of allylic oxidation sites excluding steroid dienone is 3. The van der Waals surface area contributed by atoms with E-state index in [-0.39, 0.29) is 62.2 Å². The van der Waals surface area contributed by atoms with Gasteiger partial charge in [-0.3, -0.25) is 28.7 Å². The highest BCUT2D eigenvalue weighted by Gasteiger charge is 2.56. The number of carbonyl (C=O) groups excluding carboxylic acids is 4. The van der Waals surface area contributed by atoms with E-state index in [4.69, 9.17) is 23.1 Å². The molecule has 13 unspecified atom stereocenters. The molecule has 0 spiro atoms. The smallest absolute Gasteiger partial charge is 0.329 e. The van der Waals surface area contributed by atoms with Crippen molar-refractivity contribution in [2.24, 2.45) is 29.6 Å². The molecule has 3 aliphatic heterocycles. The highest BCUT2D eigenvalue weighted by Crippen LogP contribution is 2.40. The van der Waals surface area contributed by atoms with Crippen molar-refractivity contribution in [3.63, 3.8) is 0 Å². The number of amides is 1. The van der Waals surface area contributed by atoms with Gasteiger partial charge in [-0.05, 0) is 114 Å². The minimum absolute atomic E-state index is 0.0158. The van der Waals surface area contributed by atoms with Crippen molar-refractivity contribution in [3.05, 3.63) is 57.7 Å². The number of esters is 1. The number of cyclic esters (lactones) is 1. The Morgan fingerprint density at radius 1 is 0.985 bits per heavy atom. The molecule has 1 amide bonds. The summed E-state index contributed by atoms with van der Waals surface area (Å²) in [6.07, 6.45) is 2.48. The lowest BCUT2D eigenvalue weighted by Gasteiger charge is -2.47. The molecule has 1 aromatic rings. The number of hydrogen-bond donors (Lipinski definition) is 2. The van der Waals surface area contributed by atoms with Gasteiger partial charge in [0.15, 0.2) is 4.90 Å². The summed E-state index contributed by atoms with van der Waals surface area (Å²) in [6, 6.07) is 3.62. The molecular weight excluding hydrogens is 877 g/mol. The van der Waals surface area contributed by atoms with Crippen LogP contribution < -0.4 is 0 Å². The maximum atomic E-state index is 14.5. The molecule has 1 saturated carbocycles. The maximum Gasteiger partial charge on any atom is 0.329 e. The number of ketones is 2. The molecule has 1 aromatic carbocycles. The molecule has 1 aliphatic carbocycles. The van der Waals surface area contributed by atoms with Crippen molar-refractivity contribution >= 4 is 39.2 Å². The largest absolute Gasteiger partial charge is 0.456 e. The van der Waals surface area contributed by atoms with Crippen molar-refractivity contribution in [3.8, 4) is 0 Å². The van der Waals surface area contributed by atoms with Gasteiger partial charge >= 0.3 is 16.1 Å². The van der Waals surface area contributed by atoms with Gasteiger partial charge in [0.25, 0.3) is 17.4 Å². The summed E-state index contributed by atoms with van der Waals surface area (Å²) in [6.45, 7) is 11.2. The third-order valence-corrected chi connectivity index (χ3v) is 15.4. The van der Waals surface area contributed by atoms with Crippen molar-refractivity contribution < 1.29 is 65.9 Å². The molecular formula is C48H70N2O15S. The lowest BCUT2D eigenvalue weighted by atomic mass is 9.82. The number of para-hydroxylation sites is 1. The SMILES string of the molecule is CCC1C=C(C)CC(C)CC(OC)C2OC(O)(C(=O)C(=O)N3CCCCC3C(=O)OC(C(C)=CC3CCC(O)C(OS(=O)(=O)c4ccccc4[N+](=O)[O-])C3)C(C)CCC1=O)C(C)CC2OC. The number of nitro groups is 1. The number of methoxy groups -OCH3 is 2. The number of aliphatic hydroxyl groups is 2. The summed E-state index contributed by atoms with van der Waals surface area (Å²) in [5.74, 6) is -7.60. The molecule has 4 aliphatic rings.